The van der Waals surface area contributed by atoms with E-state index >= 15 is 0 Å². The van der Waals surface area contributed by atoms with Gasteiger partial charge in [-0.05, 0) is 25.7 Å². The standard InChI is InChI=1S/C8H12.2ClH.Pt/c1-2-4-6-8-7-5-3-1;;;/h1-2,5,7H,3-4,6,8H2;2*1H;/q;;;+2/p-2/b2-1-,7-5-;;;. The third-order valence-electron chi connectivity index (χ3n) is 1.35. The Morgan fingerprint density at radius 1 is 0.909 bits per heavy atom. The summed E-state index contributed by atoms with van der Waals surface area (Å²) >= 11 is -0.472. The van der Waals surface area contributed by atoms with Gasteiger partial charge in [-0.3, -0.25) is 0 Å². The van der Waals surface area contributed by atoms with E-state index in [-0.39, 0.29) is 0 Å². The summed E-state index contributed by atoms with van der Waals surface area (Å²) in [6.45, 7) is 0. The van der Waals surface area contributed by atoms with Crippen molar-refractivity contribution in [3.05, 3.63) is 24.3 Å². The summed E-state index contributed by atoms with van der Waals surface area (Å²) in [5.74, 6) is 0. The second-order valence-corrected chi connectivity index (χ2v) is 5.44. The van der Waals surface area contributed by atoms with Gasteiger partial charge in [-0.25, -0.2) is 0 Å². The van der Waals surface area contributed by atoms with E-state index in [1.54, 1.807) is 0 Å². The molecule has 1 aliphatic rings. The molecule has 0 atom stereocenters. The molecule has 11 heavy (non-hydrogen) atoms. The van der Waals surface area contributed by atoms with Crippen molar-refractivity contribution < 1.29 is 16.5 Å². The zero-order chi connectivity index (χ0) is 8.36. The van der Waals surface area contributed by atoms with Crippen LogP contribution in [-0.2, 0) is 16.5 Å². The van der Waals surface area contributed by atoms with E-state index in [9.17, 15) is 0 Å². The molecule has 0 aromatic carbocycles. The normalized spacial score (nSPS) is 22.4. The molecule has 0 fully saturated rings. The van der Waals surface area contributed by atoms with Gasteiger partial charge in [0, 0.05) is 0 Å². The summed E-state index contributed by atoms with van der Waals surface area (Å²) in [7, 11) is 9.75. The Kier molecular flexibility index (Phi) is 11.5. The number of allylic oxidation sites excluding steroid dienone is 4. The van der Waals surface area contributed by atoms with Crippen molar-refractivity contribution in [3.8, 4) is 0 Å². The van der Waals surface area contributed by atoms with Crippen LogP contribution < -0.4 is 0 Å². The van der Waals surface area contributed by atoms with Crippen LogP contribution in [0.1, 0.15) is 25.7 Å². The number of halogens is 2. The van der Waals surface area contributed by atoms with Crippen LogP contribution in [0.5, 0.6) is 0 Å². The molecule has 0 heterocycles. The molecule has 1 rings (SSSR count). The molecule has 0 bridgehead atoms. The van der Waals surface area contributed by atoms with E-state index in [0.29, 0.717) is 0 Å². The Hall–Kier alpha value is 0.748. The van der Waals surface area contributed by atoms with Crippen LogP contribution >= 0.6 is 18.8 Å². The Morgan fingerprint density at radius 2 is 1.36 bits per heavy atom. The molecule has 0 spiro atoms. The minimum atomic E-state index is -0.472. The molecular weight excluding hydrogens is 362 g/mol. The van der Waals surface area contributed by atoms with Gasteiger partial charge in [0.05, 0.1) is 0 Å². The van der Waals surface area contributed by atoms with Gasteiger partial charge in [0.25, 0.3) is 0 Å². The maximum absolute atomic E-state index is 4.88. The molecule has 0 nitrogen and oxygen atoms in total. The van der Waals surface area contributed by atoms with Crippen molar-refractivity contribution in [2.75, 3.05) is 0 Å². The second-order valence-electron chi connectivity index (χ2n) is 2.15. The van der Waals surface area contributed by atoms with E-state index in [1.165, 1.54) is 19.3 Å². The molecular formula is C8H12Cl2Pt. The van der Waals surface area contributed by atoms with Crippen LogP contribution in [-0.4, -0.2) is 0 Å². The zero-order valence-corrected chi connectivity index (χ0v) is 9.99. The molecule has 0 aliphatic heterocycles. The summed E-state index contributed by atoms with van der Waals surface area (Å²) in [5, 5.41) is 0. The van der Waals surface area contributed by atoms with E-state index in [0.717, 1.165) is 6.42 Å². The molecule has 3 heteroatoms. The molecule has 0 aromatic heterocycles. The topological polar surface area (TPSA) is 0 Å². The van der Waals surface area contributed by atoms with Crippen LogP contribution in [0.15, 0.2) is 24.3 Å². The minimum absolute atomic E-state index is 0.472. The van der Waals surface area contributed by atoms with Gasteiger partial charge in [0.2, 0.25) is 0 Å². The molecule has 0 amide bonds. The molecule has 0 unspecified atom stereocenters. The third-order valence-corrected chi connectivity index (χ3v) is 1.35. The van der Waals surface area contributed by atoms with Gasteiger partial charge < -0.3 is 0 Å². The van der Waals surface area contributed by atoms with Crippen molar-refractivity contribution in [2.45, 2.75) is 25.7 Å². The van der Waals surface area contributed by atoms with Crippen molar-refractivity contribution in [1.29, 1.82) is 0 Å². The average molecular weight is 374 g/mol. The molecule has 0 saturated heterocycles. The Bertz CT molecular complexity index is 109. The van der Waals surface area contributed by atoms with Crippen molar-refractivity contribution in [3.63, 3.8) is 0 Å². The summed E-state index contributed by atoms with van der Waals surface area (Å²) in [5.41, 5.74) is 0. The fourth-order valence-corrected chi connectivity index (χ4v) is 0.860. The number of rotatable bonds is 0. The first-order valence-electron chi connectivity index (χ1n) is 3.54. The van der Waals surface area contributed by atoms with E-state index in [1.807, 2.05) is 0 Å². The predicted octanol–water partition coefficient (Wildman–Crippen LogP) is 4.05. The van der Waals surface area contributed by atoms with Crippen molar-refractivity contribution in [2.24, 2.45) is 0 Å². The molecule has 0 N–H and O–H groups in total. The summed E-state index contributed by atoms with van der Waals surface area (Å²) < 4.78 is 0. The summed E-state index contributed by atoms with van der Waals surface area (Å²) in [6, 6.07) is 0. The molecule has 0 aromatic rings. The fraction of sp³-hybridized carbons (Fsp3) is 0.500. The van der Waals surface area contributed by atoms with Crippen molar-refractivity contribution in [1.82, 2.24) is 0 Å². The zero-order valence-electron chi connectivity index (χ0n) is 6.21. The quantitative estimate of drug-likeness (QED) is 0.562. The number of hydrogen-bond acceptors (Lipinski definition) is 0. The molecule has 1 aliphatic carbocycles. The molecule has 68 valence electrons. The van der Waals surface area contributed by atoms with Gasteiger partial charge in [0.1, 0.15) is 0 Å². The van der Waals surface area contributed by atoms with E-state index in [2.05, 4.69) is 24.3 Å². The first-order valence-corrected chi connectivity index (χ1v) is 9.17. The van der Waals surface area contributed by atoms with Crippen LogP contribution in [0.3, 0.4) is 0 Å². The third kappa shape index (κ3) is 10.7. The Labute approximate surface area is 85.0 Å². The first kappa shape index (κ1) is 11.7. The average Bonchev–Trinajstić information content (AvgIpc) is 1.86. The van der Waals surface area contributed by atoms with Gasteiger partial charge in [-0.2, -0.15) is 0 Å². The van der Waals surface area contributed by atoms with Crippen LogP contribution in [0, 0.1) is 0 Å². The van der Waals surface area contributed by atoms with E-state index in [4.69, 9.17) is 18.8 Å². The maximum atomic E-state index is 4.88. The van der Waals surface area contributed by atoms with Gasteiger partial charge in [-0.1, -0.05) is 24.3 Å². The van der Waals surface area contributed by atoms with Gasteiger partial charge in [0.15, 0.2) is 0 Å². The van der Waals surface area contributed by atoms with Crippen LogP contribution in [0.25, 0.3) is 0 Å². The Balaban J connectivity index is 0.000000292. The summed E-state index contributed by atoms with van der Waals surface area (Å²) in [6.07, 6.45) is 14.0. The second kappa shape index (κ2) is 10.7. The van der Waals surface area contributed by atoms with Gasteiger partial charge in [-0.15, -0.1) is 0 Å². The predicted molar refractivity (Wildman–Crippen MR) is 48.5 cm³/mol. The first-order chi connectivity index (χ1) is 5.41. The summed E-state index contributed by atoms with van der Waals surface area (Å²) in [4.78, 5) is 0. The molecule has 0 saturated carbocycles. The van der Waals surface area contributed by atoms with Crippen LogP contribution in [0.2, 0.25) is 0 Å². The monoisotopic (exact) mass is 373 g/mol. The Morgan fingerprint density at radius 3 is 1.82 bits per heavy atom. The SMILES string of the molecule is C1=C\CCC/C=C\C/1.[Cl][Pt][Cl]. The van der Waals surface area contributed by atoms with Crippen molar-refractivity contribution >= 4 is 18.8 Å². The van der Waals surface area contributed by atoms with Gasteiger partial charge >= 0.3 is 35.3 Å². The fourth-order valence-electron chi connectivity index (χ4n) is 0.860. The van der Waals surface area contributed by atoms with Crippen LogP contribution in [0.4, 0.5) is 0 Å². The number of hydrogen-bond donors (Lipinski definition) is 0. The molecule has 0 radical (unpaired) electrons. The van der Waals surface area contributed by atoms with E-state index < -0.39 is 16.5 Å².